The zero-order valence-electron chi connectivity index (χ0n) is 10.7. The lowest BCUT2D eigenvalue weighted by molar-refractivity contribution is 0.343. The Bertz CT molecular complexity index is 170. The number of hydrogen-bond acceptors (Lipinski definition) is 3. The van der Waals surface area contributed by atoms with Crippen molar-refractivity contribution in [2.75, 3.05) is 6.54 Å². The first kappa shape index (κ1) is 12.9. The highest BCUT2D eigenvalue weighted by atomic mass is 15.8. The monoisotopic (exact) mass is 213 g/mol. The standard InChI is InChI=1S/C12H27N3/c1-5-7-8-9-15-12(14-15)13-11(6-2)10(3)4/h10-14H,5-9H2,1-4H3. The van der Waals surface area contributed by atoms with Crippen LogP contribution in [0.4, 0.5) is 0 Å². The SMILES string of the molecule is CCCCCN1NC1NC(CC)C(C)C. The molecule has 3 atom stereocenters. The Balaban J connectivity index is 2.09. The number of nitrogens with zero attached hydrogens (tertiary/aromatic N) is 1. The number of nitrogens with one attached hydrogen (secondary N) is 2. The maximum atomic E-state index is 3.63. The summed E-state index contributed by atoms with van der Waals surface area (Å²) in [7, 11) is 0. The van der Waals surface area contributed by atoms with Gasteiger partial charge in [-0.25, -0.2) is 10.4 Å². The van der Waals surface area contributed by atoms with E-state index in [2.05, 4.69) is 43.4 Å². The van der Waals surface area contributed by atoms with Gasteiger partial charge in [-0.15, -0.1) is 0 Å². The minimum absolute atomic E-state index is 0.439. The van der Waals surface area contributed by atoms with E-state index in [0.717, 1.165) is 5.92 Å². The van der Waals surface area contributed by atoms with Crippen molar-refractivity contribution in [1.82, 2.24) is 15.8 Å². The zero-order valence-corrected chi connectivity index (χ0v) is 10.7. The van der Waals surface area contributed by atoms with Gasteiger partial charge in [0.1, 0.15) is 6.29 Å². The van der Waals surface area contributed by atoms with E-state index in [0.29, 0.717) is 12.3 Å². The molecular formula is C12H27N3. The minimum atomic E-state index is 0.439. The number of hydrogen-bond donors (Lipinski definition) is 2. The van der Waals surface area contributed by atoms with Gasteiger partial charge in [-0.3, -0.25) is 5.32 Å². The molecular weight excluding hydrogens is 186 g/mol. The second-order valence-corrected chi connectivity index (χ2v) is 4.86. The predicted octanol–water partition coefficient (Wildman–Crippen LogP) is 2.30. The zero-order chi connectivity index (χ0) is 11.3. The normalized spacial score (nSPS) is 27.0. The summed E-state index contributed by atoms with van der Waals surface area (Å²) in [5, 5.41) is 5.94. The molecule has 3 unspecified atom stereocenters. The summed E-state index contributed by atoms with van der Waals surface area (Å²) in [4.78, 5) is 0. The van der Waals surface area contributed by atoms with Gasteiger partial charge in [0.15, 0.2) is 0 Å². The van der Waals surface area contributed by atoms with Crippen LogP contribution < -0.4 is 10.7 Å². The molecule has 0 aromatic carbocycles. The fourth-order valence-electron chi connectivity index (χ4n) is 1.96. The molecule has 15 heavy (non-hydrogen) atoms. The molecule has 0 amide bonds. The third-order valence-corrected chi connectivity index (χ3v) is 3.15. The summed E-state index contributed by atoms with van der Waals surface area (Å²) in [6.45, 7) is 10.2. The molecule has 0 aromatic rings. The third kappa shape index (κ3) is 4.49. The van der Waals surface area contributed by atoms with Crippen molar-refractivity contribution in [2.45, 2.75) is 65.7 Å². The Morgan fingerprint density at radius 2 is 2.00 bits per heavy atom. The Morgan fingerprint density at radius 3 is 2.53 bits per heavy atom. The maximum absolute atomic E-state index is 3.63. The van der Waals surface area contributed by atoms with Gasteiger partial charge in [0.2, 0.25) is 0 Å². The molecule has 0 spiro atoms. The predicted molar refractivity (Wildman–Crippen MR) is 65.2 cm³/mol. The first-order valence-corrected chi connectivity index (χ1v) is 6.47. The summed E-state index contributed by atoms with van der Waals surface area (Å²) in [5.41, 5.74) is 3.37. The summed E-state index contributed by atoms with van der Waals surface area (Å²) < 4.78 is 0. The molecule has 1 rings (SSSR count). The van der Waals surface area contributed by atoms with E-state index in [1.165, 1.54) is 32.2 Å². The Kier molecular flexibility index (Phi) is 5.58. The van der Waals surface area contributed by atoms with Crippen molar-refractivity contribution >= 4 is 0 Å². The van der Waals surface area contributed by atoms with Gasteiger partial charge in [-0.05, 0) is 18.8 Å². The fourth-order valence-corrected chi connectivity index (χ4v) is 1.96. The highest BCUT2D eigenvalue weighted by Crippen LogP contribution is 2.13. The highest BCUT2D eigenvalue weighted by molar-refractivity contribution is 4.81. The van der Waals surface area contributed by atoms with Gasteiger partial charge in [-0.1, -0.05) is 40.5 Å². The van der Waals surface area contributed by atoms with E-state index < -0.39 is 0 Å². The summed E-state index contributed by atoms with van der Waals surface area (Å²) in [5.74, 6) is 0.717. The number of unbranched alkanes of at least 4 members (excludes halogenated alkanes) is 2. The first-order chi connectivity index (χ1) is 7.19. The van der Waals surface area contributed by atoms with Crippen molar-refractivity contribution in [2.24, 2.45) is 5.92 Å². The quantitative estimate of drug-likeness (QED) is 0.480. The van der Waals surface area contributed by atoms with E-state index in [1.807, 2.05) is 0 Å². The van der Waals surface area contributed by atoms with Crippen molar-refractivity contribution in [3.05, 3.63) is 0 Å². The molecule has 3 nitrogen and oxygen atoms in total. The van der Waals surface area contributed by atoms with Crippen LogP contribution in [0, 0.1) is 5.92 Å². The number of rotatable bonds is 8. The molecule has 0 saturated carbocycles. The van der Waals surface area contributed by atoms with Crippen LogP contribution in [0.3, 0.4) is 0 Å². The molecule has 0 aromatic heterocycles. The molecule has 2 N–H and O–H groups in total. The van der Waals surface area contributed by atoms with Gasteiger partial charge in [0.25, 0.3) is 0 Å². The van der Waals surface area contributed by atoms with Gasteiger partial charge in [-0.2, -0.15) is 0 Å². The molecule has 1 fully saturated rings. The topological polar surface area (TPSA) is 37.0 Å². The van der Waals surface area contributed by atoms with Crippen LogP contribution >= 0.6 is 0 Å². The van der Waals surface area contributed by atoms with E-state index in [1.54, 1.807) is 0 Å². The average Bonchev–Trinajstić information content (AvgIpc) is 2.93. The molecule has 90 valence electrons. The Morgan fingerprint density at radius 1 is 1.27 bits per heavy atom. The molecule has 1 heterocycles. The van der Waals surface area contributed by atoms with Gasteiger partial charge in [0.05, 0.1) is 0 Å². The smallest absolute Gasteiger partial charge is 0.140 e. The molecule has 0 aliphatic carbocycles. The van der Waals surface area contributed by atoms with Crippen LogP contribution in [0.2, 0.25) is 0 Å². The minimum Gasteiger partial charge on any atom is -0.284 e. The van der Waals surface area contributed by atoms with E-state index in [-0.39, 0.29) is 0 Å². The van der Waals surface area contributed by atoms with Gasteiger partial charge < -0.3 is 0 Å². The van der Waals surface area contributed by atoms with Crippen LogP contribution in [0.25, 0.3) is 0 Å². The highest BCUT2D eigenvalue weighted by Gasteiger charge is 2.34. The van der Waals surface area contributed by atoms with Crippen LogP contribution in [0.15, 0.2) is 0 Å². The Labute approximate surface area is 94.6 Å². The molecule has 1 aliphatic heterocycles. The lowest BCUT2D eigenvalue weighted by Gasteiger charge is -2.19. The van der Waals surface area contributed by atoms with Gasteiger partial charge >= 0.3 is 0 Å². The number of hydrazine groups is 1. The first-order valence-electron chi connectivity index (χ1n) is 6.47. The van der Waals surface area contributed by atoms with E-state index in [9.17, 15) is 0 Å². The largest absolute Gasteiger partial charge is 0.284 e. The lowest BCUT2D eigenvalue weighted by atomic mass is 10.0. The molecule has 1 saturated heterocycles. The summed E-state index contributed by atoms with van der Waals surface area (Å²) in [6.07, 6.45) is 5.59. The van der Waals surface area contributed by atoms with Crippen LogP contribution in [-0.2, 0) is 0 Å². The van der Waals surface area contributed by atoms with E-state index >= 15 is 0 Å². The molecule has 1 aliphatic rings. The van der Waals surface area contributed by atoms with Crippen LogP contribution in [0.1, 0.15) is 53.4 Å². The fraction of sp³-hybridized carbons (Fsp3) is 1.00. The maximum Gasteiger partial charge on any atom is 0.140 e. The third-order valence-electron chi connectivity index (χ3n) is 3.15. The summed E-state index contributed by atoms with van der Waals surface area (Å²) >= 11 is 0. The summed E-state index contributed by atoms with van der Waals surface area (Å²) in [6, 6.07) is 0.638. The van der Waals surface area contributed by atoms with Crippen LogP contribution in [-0.4, -0.2) is 23.9 Å². The van der Waals surface area contributed by atoms with Crippen LogP contribution in [0.5, 0.6) is 0 Å². The molecule has 3 heteroatoms. The molecule has 0 bridgehead atoms. The van der Waals surface area contributed by atoms with Crippen molar-refractivity contribution in [1.29, 1.82) is 0 Å². The van der Waals surface area contributed by atoms with Crippen molar-refractivity contribution < 1.29 is 0 Å². The Hall–Kier alpha value is -0.120. The van der Waals surface area contributed by atoms with Gasteiger partial charge in [0, 0.05) is 12.6 Å². The molecule has 0 radical (unpaired) electrons. The second kappa shape index (κ2) is 6.46. The van der Waals surface area contributed by atoms with Crippen molar-refractivity contribution in [3.63, 3.8) is 0 Å². The second-order valence-electron chi connectivity index (χ2n) is 4.86. The lowest BCUT2D eigenvalue weighted by Crippen LogP contribution is -2.37. The van der Waals surface area contributed by atoms with E-state index in [4.69, 9.17) is 0 Å². The van der Waals surface area contributed by atoms with Crippen molar-refractivity contribution in [3.8, 4) is 0 Å². The average molecular weight is 213 g/mol.